The summed E-state index contributed by atoms with van der Waals surface area (Å²) in [5.41, 5.74) is 7.32. The first-order valence-corrected chi connectivity index (χ1v) is 6.43. The lowest BCUT2D eigenvalue weighted by Gasteiger charge is -2.05. The number of anilines is 1. The highest BCUT2D eigenvalue weighted by molar-refractivity contribution is 6.28. The third-order valence-electron chi connectivity index (χ3n) is 2.44. The monoisotopic (exact) mass is 288 g/mol. The van der Waals surface area contributed by atoms with Gasteiger partial charge in [-0.2, -0.15) is 0 Å². The van der Waals surface area contributed by atoms with Crippen LogP contribution in [0.3, 0.4) is 0 Å². The Morgan fingerprint density at radius 2 is 2.20 bits per heavy atom. The molecule has 6 heteroatoms. The molecule has 0 radical (unpaired) electrons. The van der Waals surface area contributed by atoms with Crippen molar-refractivity contribution in [2.75, 3.05) is 11.2 Å². The molecule has 1 aromatic carbocycles. The Kier molecular flexibility index (Phi) is 4.68. The van der Waals surface area contributed by atoms with Gasteiger partial charge in [0, 0.05) is 18.1 Å². The van der Waals surface area contributed by atoms with Crippen LogP contribution in [0.2, 0.25) is 0 Å². The Balaban J connectivity index is 2.14. The largest absolute Gasteiger partial charge is 0.386 e. The molecule has 2 aromatic rings. The lowest BCUT2D eigenvalue weighted by atomic mass is 10.2. The lowest BCUT2D eigenvalue weighted by molar-refractivity contribution is 0.102. The van der Waals surface area contributed by atoms with Crippen LogP contribution in [0.1, 0.15) is 10.4 Å². The van der Waals surface area contributed by atoms with Crippen molar-refractivity contribution in [3.05, 3.63) is 54.4 Å². The number of aromatic nitrogens is 1. The van der Waals surface area contributed by atoms with E-state index in [0.717, 1.165) is 0 Å². The second-order valence-electron chi connectivity index (χ2n) is 3.98. The SMILES string of the molecule is NC(CCl)=Nc1cccc(NC(=O)c2cccnc2)c1. The number of nitrogens with one attached hydrogen (secondary N) is 1. The standard InChI is InChI=1S/C14H13ClN4O/c15-8-13(16)18-11-4-1-5-12(7-11)19-14(20)10-3-2-6-17-9-10/h1-7,9H,8H2,(H2,16,18)(H,19,20). The van der Waals surface area contributed by atoms with Crippen molar-refractivity contribution in [3.63, 3.8) is 0 Å². The molecule has 0 spiro atoms. The molecule has 20 heavy (non-hydrogen) atoms. The number of nitrogens with two attached hydrogens (primary N) is 1. The number of amides is 1. The molecule has 3 N–H and O–H groups in total. The van der Waals surface area contributed by atoms with Crippen molar-refractivity contribution in [3.8, 4) is 0 Å². The Morgan fingerprint density at radius 1 is 1.35 bits per heavy atom. The summed E-state index contributed by atoms with van der Waals surface area (Å²) >= 11 is 5.57. The van der Waals surface area contributed by atoms with Crippen molar-refractivity contribution < 1.29 is 4.79 Å². The summed E-state index contributed by atoms with van der Waals surface area (Å²) in [6.07, 6.45) is 3.11. The first kappa shape index (κ1) is 14.0. The van der Waals surface area contributed by atoms with Gasteiger partial charge in [0.1, 0.15) is 5.84 Å². The van der Waals surface area contributed by atoms with Crippen molar-refractivity contribution in [1.29, 1.82) is 0 Å². The molecule has 0 fully saturated rings. The van der Waals surface area contributed by atoms with E-state index in [-0.39, 0.29) is 11.8 Å². The third kappa shape index (κ3) is 3.80. The number of alkyl halides is 1. The van der Waals surface area contributed by atoms with E-state index in [1.807, 2.05) is 0 Å². The Labute approximate surface area is 121 Å². The zero-order valence-corrected chi connectivity index (χ0v) is 11.3. The number of pyridine rings is 1. The van der Waals surface area contributed by atoms with Gasteiger partial charge in [0.15, 0.2) is 0 Å². The average Bonchev–Trinajstić information content (AvgIpc) is 2.48. The molecule has 5 nitrogen and oxygen atoms in total. The van der Waals surface area contributed by atoms with Crippen LogP contribution in [0.15, 0.2) is 53.8 Å². The fourth-order valence-corrected chi connectivity index (χ4v) is 1.61. The molecule has 1 aromatic heterocycles. The molecule has 0 aliphatic heterocycles. The normalized spacial score (nSPS) is 11.2. The summed E-state index contributed by atoms with van der Waals surface area (Å²) in [6.45, 7) is 0. The molecule has 1 amide bonds. The number of carbonyl (C=O) groups is 1. The van der Waals surface area contributed by atoms with Gasteiger partial charge in [-0.25, -0.2) is 4.99 Å². The van der Waals surface area contributed by atoms with Crippen molar-refractivity contribution in [1.82, 2.24) is 4.98 Å². The van der Waals surface area contributed by atoms with Crippen LogP contribution >= 0.6 is 11.6 Å². The molecule has 0 atom stereocenters. The summed E-state index contributed by atoms with van der Waals surface area (Å²) in [5.74, 6) is 0.249. The highest BCUT2D eigenvalue weighted by Crippen LogP contribution is 2.18. The van der Waals surface area contributed by atoms with Gasteiger partial charge in [0.2, 0.25) is 0 Å². The Bertz CT molecular complexity index is 628. The molecule has 1 heterocycles. The molecule has 0 aliphatic rings. The summed E-state index contributed by atoms with van der Waals surface area (Å²) in [6, 6.07) is 10.4. The molecular formula is C14H13ClN4O. The van der Waals surface area contributed by atoms with Crippen LogP contribution in [0.25, 0.3) is 0 Å². The topological polar surface area (TPSA) is 80.4 Å². The predicted octanol–water partition coefficient (Wildman–Crippen LogP) is 2.56. The first-order valence-electron chi connectivity index (χ1n) is 5.89. The number of hydrogen-bond donors (Lipinski definition) is 2. The van der Waals surface area contributed by atoms with E-state index in [4.69, 9.17) is 17.3 Å². The van der Waals surface area contributed by atoms with E-state index in [1.54, 1.807) is 42.6 Å². The van der Waals surface area contributed by atoms with E-state index < -0.39 is 0 Å². The van der Waals surface area contributed by atoms with Crippen LogP contribution < -0.4 is 11.1 Å². The number of nitrogens with zero attached hydrogens (tertiary/aromatic N) is 2. The number of halogens is 1. The van der Waals surface area contributed by atoms with Gasteiger partial charge in [0.25, 0.3) is 5.91 Å². The quantitative estimate of drug-likeness (QED) is 0.515. The number of aliphatic imine (C=N–C) groups is 1. The van der Waals surface area contributed by atoms with Crippen LogP contribution in [0.4, 0.5) is 11.4 Å². The first-order chi connectivity index (χ1) is 9.69. The van der Waals surface area contributed by atoms with Crippen LogP contribution in [0, 0.1) is 0 Å². The number of amidine groups is 1. The number of rotatable bonds is 4. The molecular weight excluding hydrogens is 276 g/mol. The third-order valence-corrected chi connectivity index (χ3v) is 2.71. The van der Waals surface area contributed by atoms with Gasteiger partial charge in [-0.1, -0.05) is 6.07 Å². The minimum atomic E-state index is -0.232. The van der Waals surface area contributed by atoms with Gasteiger partial charge in [-0.15, -0.1) is 11.6 Å². The Hall–Kier alpha value is -2.40. The lowest BCUT2D eigenvalue weighted by Crippen LogP contribution is -2.13. The zero-order valence-electron chi connectivity index (χ0n) is 10.6. The summed E-state index contributed by atoms with van der Waals surface area (Å²) < 4.78 is 0. The minimum Gasteiger partial charge on any atom is -0.386 e. The maximum absolute atomic E-state index is 12.0. The summed E-state index contributed by atoms with van der Waals surface area (Å²) in [7, 11) is 0. The minimum absolute atomic E-state index is 0.159. The smallest absolute Gasteiger partial charge is 0.257 e. The van der Waals surface area contributed by atoms with Crippen LogP contribution in [0.5, 0.6) is 0 Å². The second kappa shape index (κ2) is 6.68. The molecule has 0 saturated heterocycles. The van der Waals surface area contributed by atoms with E-state index in [0.29, 0.717) is 22.8 Å². The van der Waals surface area contributed by atoms with Crippen molar-refractivity contribution in [2.45, 2.75) is 0 Å². The maximum Gasteiger partial charge on any atom is 0.257 e. The van der Waals surface area contributed by atoms with Crippen molar-refractivity contribution in [2.24, 2.45) is 10.7 Å². The molecule has 0 aliphatic carbocycles. The molecule has 0 bridgehead atoms. The van der Waals surface area contributed by atoms with E-state index in [9.17, 15) is 4.79 Å². The van der Waals surface area contributed by atoms with Crippen molar-refractivity contribution >= 4 is 34.7 Å². The van der Waals surface area contributed by atoms with E-state index >= 15 is 0 Å². The zero-order chi connectivity index (χ0) is 14.4. The fourth-order valence-electron chi connectivity index (χ4n) is 1.55. The number of hydrogen-bond acceptors (Lipinski definition) is 3. The molecule has 0 unspecified atom stereocenters. The molecule has 102 valence electrons. The average molecular weight is 289 g/mol. The van der Waals surface area contributed by atoms with Gasteiger partial charge in [0.05, 0.1) is 17.1 Å². The van der Waals surface area contributed by atoms with E-state index in [2.05, 4.69) is 15.3 Å². The summed E-state index contributed by atoms with van der Waals surface area (Å²) in [4.78, 5) is 20.0. The number of carbonyl (C=O) groups excluding carboxylic acids is 1. The van der Waals surface area contributed by atoms with Gasteiger partial charge in [-0.05, 0) is 30.3 Å². The maximum atomic E-state index is 12.0. The van der Waals surface area contributed by atoms with E-state index in [1.165, 1.54) is 6.20 Å². The van der Waals surface area contributed by atoms with Gasteiger partial charge >= 0.3 is 0 Å². The Morgan fingerprint density at radius 3 is 2.90 bits per heavy atom. The predicted molar refractivity (Wildman–Crippen MR) is 80.6 cm³/mol. The summed E-state index contributed by atoms with van der Waals surface area (Å²) in [5, 5.41) is 2.77. The fraction of sp³-hybridized carbons (Fsp3) is 0.0714. The molecule has 0 saturated carbocycles. The second-order valence-corrected chi connectivity index (χ2v) is 4.25. The highest BCUT2D eigenvalue weighted by Gasteiger charge is 2.05. The van der Waals surface area contributed by atoms with Gasteiger partial charge < -0.3 is 11.1 Å². The van der Waals surface area contributed by atoms with Crippen LogP contribution in [-0.4, -0.2) is 22.6 Å². The number of benzene rings is 1. The molecule has 2 rings (SSSR count). The van der Waals surface area contributed by atoms with Gasteiger partial charge in [-0.3, -0.25) is 9.78 Å². The van der Waals surface area contributed by atoms with Crippen LogP contribution in [-0.2, 0) is 0 Å². The highest BCUT2D eigenvalue weighted by atomic mass is 35.5.